The summed E-state index contributed by atoms with van der Waals surface area (Å²) in [5.41, 5.74) is 2.33. The average Bonchev–Trinajstić information content (AvgIpc) is 3.29. The Hall–Kier alpha value is -3.81. The van der Waals surface area contributed by atoms with Crippen molar-refractivity contribution in [2.24, 2.45) is 0 Å². The number of aromatic amines is 1. The molecule has 0 spiro atoms. The fourth-order valence-corrected chi connectivity index (χ4v) is 2.76. The van der Waals surface area contributed by atoms with E-state index < -0.39 is 11.6 Å². The molecule has 0 saturated heterocycles. The van der Waals surface area contributed by atoms with Crippen LogP contribution in [0.25, 0.3) is 29.2 Å². The molecule has 2 heterocycles. The third-order valence-corrected chi connectivity index (χ3v) is 4.13. The molecule has 4 aromatic rings. The van der Waals surface area contributed by atoms with Gasteiger partial charge in [-0.25, -0.2) is 13.6 Å². The smallest absolute Gasteiger partial charge is 0.330 e. The van der Waals surface area contributed by atoms with Gasteiger partial charge in [0, 0.05) is 23.5 Å². The first kappa shape index (κ1) is 17.6. The summed E-state index contributed by atoms with van der Waals surface area (Å²) in [6.07, 6.45) is 4.68. The first-order chi connectivity index (χ1) is 13.5. The van der Waals surface area contributed by atoms with Crippen molar-refractivity contribution in [2.75, 3.05) is 0 Å². The van der Waals surface area contributed by atoms with E-state index in [0.29, 0.717) is 22.6 Å². The van der Waals surface area contributed by atoms with E-state index >= 15 is 0 Å². The molecule has 2 aromatic carbocycles. The van der Waals surface area contributed by atoms with Gasteiger partial charge in [-0.1, -0.05) is 23.4 Å². The van der Waals surface area contributed by atoms with E-state index in [9.17, 15) is 13.6 Å². The van der Waals surface area contributed by atoms with E-state index in [0.717, 1.165) is 17.8 Å². The Labute approximate surface area is 157 Å². The Morgan fingerprint density at radius 3 is 2.71 bits per heavy atom. The molecule has 0 aliphatic heterocycles. The summed E-state index contributed by atoms with van der Waals surface area (Å²) in [5, 5.41) is 3.93. The first-order valence-electron chi connectivity index (χ1n) is 8.36. The highest BCUT2D eigenvalue weighted by molar-refractivity contribution is 5.67. The number of imidazole rings is 1. The number of benzene rings is 2. The summed E-state index contributed by atoms with van der Waals surface area (Å²) in [6, 6.07) is 10.7. The topological polar surface area (TPSA) is 76.7 Å². The Kier molecular flexibility index (Phi) is 4.44. The van der Waals surface area contributed by atoms with Crippen molar-refractivity contribution in [3.05, 3.63) is 87.9 Å². The quantitative estimate of drug-likeness (QED) is 0.581. The number of nitrogens with zero attached hydrogens (tertiary/aromatic N) is 3. The Morgan fingerprint density at radius 1 is 1.11 bits per heavy atom. The second-order valence-corrected chi connectivity index (χ2v) is 6.08. The molecule has 0 aliphatic rings. The van der Waals surface area contributed by atoms with Gasteiger partial charge in [-0.05, 0) is 42.8 Å². The zero-order valence-electron chi connectivity index (χ0n) is 14.7. The number of H-pyrrole nitrogens is 1. The monoisotopic (exact) mass is 380 g/mol. The summed E-state index contributed by atoms with van der Waals surface area (Å²) in [6.45, 7) is 1.82. The van der Waals surface area contributed by atoms with E-state index in [4.69, 9.17) is 4.52 Å². The van der Waals surface area contributed by atoms with E-state index in [1.807, 2.05) is 6.92 Å². The van der Waals surface area contributed by atoms with E-state index in [1.54, 1.807) is 36.5 Å². The number of hydrogen-bond acceptors (Lipinski definition) is 4. The van der Waals surface area contributed by atoms with Crippen LogP contribution in [-0.2, 0) is 0 Å². The van der Waals surface area contributed by atoms with Crippen LogP contribution in [0.1, 0.15) is 17.1 Å². The lowest BCUT2D eigenvalue weighted by atomic mass is 10.2. The highest BCUT2D eigenvalue weighted by Crippen LogP contribution is 2.20. The Bertz CT molecular complexity index is 1240. The van der Waals surface area contributed by atoms with Crippen LogP contribution in [0.2, 0.25) is 0 Å². The third-order valence-electron chi connectivity index (χ3n) is 4.13. The zero-order valence-corrected chi connectivity index (χ0v) is 14.7. The minimum atomic E-state index is -0.930. The molecule has 0 radical (unpaired) electrons. The van der Waals surface area contributed by atoms with Gasteiger partial charge >= 0.3 is 5.69 Å². The molecule has 2 aromatic heterocycles. The number of nitrogens with one attached hydrogen (secondary N) is 1. The predicted octanol–water partition coefficient (Wildman–Crippen LogP) is 3.97. The van der Waals surface area contributed by atoms with Crippen molar-refractivity contribution < 1.29 is 13.3 Å². The predicted molar refractivity (Wildman–Crippen MR) is 99.7 cm³/mol. The molecule has 0 saturated carbocycles. The molecule has 0 aliphatic carbocycles. The summed E-state index contributed by atoms with van der Waals surface area (Å²) in [4.78, 5) is 18.9. The van der Waals surface area contributed by atoms with Crippen molar-refractivity contribution in [3.63, 3.8) is 0 Å². The van der Waals surface area contributed by atoms with Crippen molar-refractivity contribution in [3.8, 4) is 17.1 Å². The van der Waals surface area contributed by atoms with Crippen LogP contribution in [0.15, 0.2) is 58.0 Å². The van der Waals surface area contributed by atoms with Crippen molar-refractivity contribution in [1.82, 2.24) is 19.7 Å². The van der Waals surface area contributed by atoms with E-state index in [-0.39, 0.29) is 11.6 Å². The molecule has 0 amide bonds. The summed E-state index contributed by atoms with van der Waals surface area (Å²) < 4.78 is 32.9. The van der Waals surface area contributed by atoms with Crippen LogP contribution >= 0.6 is 0 Å². The lowest BCUT2D eigenvalue weighted by molar-refractivity contribution is 0.411. The second-order valence-electron chi connectivity index (χ2n) is 6.08. The van der Waals surface area contributed by atoms with Gasteiger partial charge in [0.1, 0.15) is 0 Å². The molecule has 6 nitrogen and oxygen atoms in total. The van der Waals surface area contributed by atoms with Crippen LogP contribution in [0.5, 0.6) is 0 Å². The lowest BCUT2D eigenvalue weighted by Crippen LogP contribution is -2.15. The molecule has 140 valence electrons. The molecule has 0 atom stereocenters. The highest BCUT2D eigenvalue weighted by Gasteiger charge is 2.10. The molecule has 0 bridgehead atoms. The van der Waals surface area contributed by atoms with Crippen LogP contribution in [-0.4, -0.2) is 19.7 Å². The standard InChI is InChI=1S/C20H14F2N4O2/c1-12-11-23-20(27)26(12)15-4-2-3-14(10-15)19-24-18(28-25-19)8-6-13-5-7-16(21)17(22)9-13/h2-11H,1H3,(H,23,27)/b8-6+. The molecule has 28 heavy (non-hydrogen) atoms. The molecule has 1 N–H and O–H groups in total. The van der Waals surface area contributed by atoms with Gasteiger partial charge in [-0.3, -0.25) is 4.57 Å². The molecular weight excluding hydrogens is 366 g/mol. The van der Waals surface area contributed by atoms with Gasteiger partial charge in [0.2, 0.25) is 5.82 Å². The summed E-state index contributed by atoms with van der Waals surface area (Å²) >= 11 is 0. The fraction of sp³-hybridized carbons (Fsp3) is 0.0500. The highest BCUT2D eigenvalue weighted by atomic mass is 19.2. The van der Waals surface area contributed by atoms with Crippen LogP contribution in [0.4, 0.5) is 8.78 Å². The van der Waals surface area contributed by atoms with E-state index in [1.165, 1.54) is 16.7 Å². The molecule has 4 rings (SSSR count). The SMILES string of the molecule is Cc1c[nH]c(=O)n1-c1cccc(-c2noc(/C=C/c3ccc(F)c(F)c3)n2)c1. The van der Waals surface area contributed by atoms with Crippen molar-refractivity contribution in [1.29, 1.82) is 0 Å². The maximum atomic E-state index is 13.3. The van der Waals surface area contributed by atoms with Crippen LogP contribution in [0.3, 0.4) is 0 Å². The number of rotatable bonds is 4. The van der Waals surface area contributed by atoms with Gasteiger partial charge in [0.25, 0.3) is 5.89 Å². The van der Waals surface area contributed by atoms with Gasteiger partial charge < -0.3 is 9.51 Å². The van der Waals surface area contributed by atoms with Crippen molar-refractivity contribution in [2.45, 2.75) is 6.92 Å². The minimum Gasteiger partial charge on any atom is -0.334 e. The number of aryl methyl sites for hydroxylation is 1. The first-order valence-corrected chi connectivity index (χ1v) is 8.36. The van der Waals surface area contributed by atoms with Gasteiger partial charge in [0.05, 0.1) is 5.69 Å². The maximum Gasteiger partial charge on any atom is 0.330 e. The fourth-order valence-electron chi connectivity index (χ4n) is 2.76. The maximum absolute atomic E-state index is 13.3. The Balaban J connectivity index is 1.61. The van der Waals surface area contributed by atoms with Crippen LogP contribution in [0, 0.1) is 18.6 Å². The zero-order chi connectivity index (χ0) is 19.7. The van der Waals surface area contributed by atoms with E-state index in [2.05, 4.69) is 15.1 Å². The summed E-state index contributed by atoms with van der Waals surface area (Å²) in [7, 11) is 0. The van der Waals surface area contributed by atoms with Gasteiger partial charge in [-0.2, -0.15) is 4.98 Å². The van der Waals surface area contributed by atoms with Gasteiger partial charge in [0.15, 0.2) is 11.6 Å². The Morgan fingerprint density at radius 2 is 1.96 bits per heavy atom. The van der Waals surface area contributed by atoms with Crippen LogP contribution < -0.4 is 5.69 Å². The number of aromatic nitrogens is 4. The average molecular weight is 380 g/mol. The molecule has 0 fully saturated rings. The van der Waals surface area contributed by atoms with Crippen molar-refractivity contribution >= 4 is 12.2 Å². The molecule has 0 unspecified atom stereocenters. The normalized spacial score (nSPS) is 11.4. The second kappa shape index (κ2) is 7.07. The number of halogens is 2. The molecular formula is C20H14F2N4O2. The lowest BCUT2D eigenvalue weighted by Gasteiger charge is -2.04. The molecule has 8 heteroatoms. The van der Waals surface area contributed by atoms with Gasteiger partial charge in [-0.15, -0.1) is 0 Å². The third kappa shape index (κ3) is 3.39. The number of hydrogen-bond donors (Lipinski definition) is 1. The summed E-state index contributed by atoms with van der Waals surface area (Å²) in [5.74, 6) is -1.29. The minimum absolute atomic E-state index is 0.208. The largest absolute Gasteiger partial charge is 0.334 e.